The number of rotatable bonds is 2. The normalized spacial score (nSPS) is 21.9. The van der Waals surface area contributed by atoms with Crippen molar-refractivity contribution in [3.8, 4) is 0 Å². The number of hydrogen-bond donors (Lipinski definition) is 3. The molecule has 1 saturated heterocycles. The van der Waals surface area contributed by atoms with E-state index in [1.807, 2.05) is 0 Å². The monoisotopic (exact) mass is 196 g/mol. The molecule has 0 saturated carbocycles. The Morgan fingerprint density at radius 3 is 3.29 bits per heavy atom. The zero-order chi connectivity index (χ0) is 9.80. The molecule has 1 aliphatic rings. The zero-order valence-electron chi connectivity index (χ0n) is 7.62. The molecule has 0 aromatic carbocycles. The van der Waals surface area contributed by atoms with Crippen molar-refractivity contribution in [1.82, 2.24) is 15.5 Å². The van der Waals surface area contributed by atoms with Crippen molar-refractivity contribution < 1.29 is 9.53 Å². The van der Waals surface area contributed by atoms with Gasteiger partial charge in [-0.15, -0.1) is 0 Å². The summed E-state index contributed by atoms with van der Waals surface area (Å²) in [6.07, 6.45) is 1.58. The fraction of sp³-hybridized carbons (Fsp3) is 0.500. The first-order valence-electron chi connectivity index (χ1n) is 4.47. The molecular formula is C8H12N4O2. The van der Waals surface area contributed by atoms with Gasteiger partial charge >= 0.3 is 0 Å². The summed E-state index contributed by atoms with van der Waals surface area (Å²) in [6.45, 7) is 1.79. The fourth-order valence-corrected chi connectivity index (χ4v) is 1.28. The number of nitrogens with zero attached hydrogens (tertiary/aromatic N) is 1. The Hall–Kier alpha value is -1.40. The van der Waals surface area contributed by atoms with Gasteiger partial charge in [0.1, 0.15) is 11.9 Å². The minimum absolute atomic E-state index is 0.103. The number of morpholine rings is 1. The lowest BCUT2D eigenvalue weighted by atomic mass is 10.2. The first kappa shape index (κ1) is 9.17. The average Bonchev–Trinajstić information content (AvgIpc) is 2.72. The number of aromatic nitrogens is 2. The molecule has 1 fully saturated rings. The molecule has 1 atom stereocenters. The van der Waals surface area contributed by atoms with Gasteiger partial charge in [-0.3, -0.25) is 9.89 Å². The van der Waals surface area contributed by atoms with Gasteiger partial charge in [-0.05, 0) is 0 Å². The number of ether oxygens (including phenoxy) is 1. The Labute approximate surface area is 81.0 Å². The highest BCUT2D eigenvalue weighted by Gasteiger charge is 2.21. The van der Waals surface area contributed by atoms with Gasteiger partial charge in [-0.2, -0.15) is 5.10 Å². The summed E-state index contributed by atoms with van der Waals surface area (Å²) in [5, 5.41) is 12.1. The van der Waals surface area contributed by atoms with Crippen LogP contribution in [0.4, 0.5) is 5.82 Å². The van der Waals surface area contributed by atoms with Crippen LogP contribution in [0.1, 0.15) is 0 Å². The average molecular weight is 196 g/mol. The van der Waals surface area contributed by atoms with Crippen molar-refractivity contribution >= 4 is 11.7 Å². The van der Waals surface area contributed by atoms with E-state index in [0.717, 1.165) is 0 Å². The number of carbonyl (C=O) groups is 1. The standard InChI is InChI=1S/C8H12N4O2/c13-8(6-5-14-4-3-9-6)11-7-1-2-10-12-7/h1-2,6,9H,3-5H2,(H2,10,11,12,13). The summed E-state index contributed by atoms with van der Waals surface area (Å²) in [7, 11) is 0. The molecule has 2 heterocycles. The molecule has 1 aromatic rings. The van der Waals surface area contributed by atoms with E-state index < -0.39 is 0 Å². The van der Waals surface area contributed by atoms with Crippen molar-refractivity contribution in [2.45, 2.75) is 6.04 Å². The minimum atomic E-state index is -0.271. The van der Waals surface area contributed by atoms with Crippen molar-refractivity contribution in [3.63, 3.8) is 0 Å². The second kappa shape index (κ2) is 4.21. The van der Waals surface area contributed by atoms with Crippen LogP contribution in [0.25, 0.3) is 0 Å². The lowest BCUT2D eigenvalue weighted by Gasteiger charge is -2.22. The Bertz CT molecular complexity index is 292. The van der Waals surface area contributed by atoms with E-state index in [0.29, 0.717) is 25.6 Å². The molecule has 1 aromatic heterocycles. The van der Waals surface area contributed by atoms with Crippen LogP contribution in [0.2, 0.25) is 0 Å². The summed E-state index contributed by atoms with van der Waals surface area (Å²) < 4.78 is 5.17. The molecule has 0 spiro atoms. The van der Waals surface area contributed by atoms with Gasteiger partial charge in [0.05, 0.1) is 19.4 Å². The van der Waals surface area contributed by atoms with E-state index in [-0.39, 0.29) is 11.9 Å². The lowest BCUT2D eigenvalue weighted by molar-refractivity contribution is -0.120. The number of hydrogen-bond acceptors (Lipinski definition) is 4. The van der Waals surface area contributed by atoms with E-state index >= 15 is 0 Å². The van der Waals surface area contributed by atoms with Gasteiger partial charge in [-0.25, -0.2) is 0 Å². The molecular weight excluding hydrogens is 184 g/mol. The van der Waals surface area contributed by atoms with Gasteiger partial charge in [0.15, 0.2) is 0 Å². The highest BCUT2D eigenvalue weighted by Crippen LogP contribution is 2.01. The highest BCUT2D eigenvalue weighted by atomic mass is 16.5. The van der Waals surface area contributed by atoms with Crippen LogP contribution in [-0.2, 0) is 9.53 Å². The van der Waals surface area contributed by atoms with Gasteiger partial charge in [0.2, 0.25) is 5.91 Å². The summed E-state index contributed by atoms with van der Waals surface area (Å²) >= 11 is 0. The van der Waals surface area contributed by atoms with Crippen LogP contribution < -0.4 is 10.6 Å². The topological polar surface area (TPSA) is 79.0 Å². The van der Waals surface area contributed by atoms with E-state index in [1.165, 1.54) is 0 Å². The molecule has 1 aliphatic heterocycles. The summed E-state index contributed by atoms with van der Waals surface area (Å²) in [5.41, 5.74) is 0. The Balaban J connectivity index is 1.88. The Kier molecular flexibility index (Phi) is 2.76. The maximum Gasteiger partial charge on any atom is 0.245 e. The van der Waals surface area contributed by atoms with E-state index in [1.54, 1.807) is 12.3 Å². The SMILES string of the molecule is O=C(Nc1ccn[nH]1)C1COCCN1. The molecule has 3 N–H and O–H groups in total. The number of nitrogens with one attached hydrogen (secondary N) is 3. The minimum Gasteiger partial charge on any atom is -0.378 e. The fourth-order valence-electron chi connectivity index (χ4n) is 1.28. The Morgan fingerprint density at radius 1 is 1.71 bits per heavy atom. The first-order valence-corrected chi connectivity index (χ1v) is 4.47. The van der Waals surface area contributed by atoms with Crippen LogP contribution >= 0.6 is 0 Å². The van der Waals surface area contributed by atoms with Crippen LogP contribution in [0.5, 0.6) is 0 Å². The zero-order valence-corrected chi connectivity index (χ0v) is 7.62. The molecule has 6 heteroatoms. The molecule has 0 bridgehead atoms. The molecule has 1 amide bonds. The molecule has 76 valence electrons. The third-order valence-electron chi connectivity index (χ3n) is 2.00. The highest BCUT2D eigenvalue weighted by molar-refractivity contribution is 5.94. The van der Waals surface area contributed by atoms with Crippen LogP contribution in [0.3, 0.4) is 0 Å². The maximum atomic E-state index is 11.6. The van der Waals surface area contributed by atoms with Crippen molar-refractivity contribution in [3.05, 3.63) is 12.3 Å². The van der Waals surface area contributed by atoms with E-state index in [4.69, 9.17) is 4.74 Å². The predicted molar refractivity (Wildman–Crippen MR) is 49.8 cm³/mol. The van der Waals surface area contributed by atoms with Gasteiger partial charge in [0, 0.05) is 12.6 Å². The number of H-pyrrole nitrogens is 1. The van der Waals surface area contributed by atoms with Crippen molar-refractivity contribution in [1.29, 1.82) is 0 Å². The smallest absolute Gasteiger partial charge is 0.245 e. The number of anilines is 1. The van der Waals surface area contributed by atoms with Crippen LogP contribution in [-0.4, -0.2) is 41.9 Å². The van der Waals surface area contributed by atoms with Crippen LogP contribution in [0.15, 0.2) is 12.3 Å². The largest absolute Gasteiger partial charge is 0.378 e. The van der Waals surface area contributed by atoms with Gasteiger partial charge in [-0.1, -0.05) is 0 Å². The molecule has 0 radical (unpaired) electrons. The summed E-state index contributed by atoms with van der Waals surface area (Å²) in [6, 6.07) is 1.42. The maximum absolute atomic E-state index is 11.6. The van der Waals surface area contributed by atoms with Gasteiger partial charge in [0.25, 0.3) is 0 Å². The van der Waals surface area contributed by atoms with Crippen molar-refractivity contribution in [2.24, 2.45) is 0 Å². The summed E-state index contributed by atoms with van der Waals surface area (Å²) in [4.78, 5) is 11.6. The molecule has 14 heavy (non-hydrogen) atoms. The van der Waals surface area contributed by atoms with Crippen LogP contribution in [0, 0.1) is 0 Å². The third-order valence-corrected chi connectivity index (χ3v) is 2.00. The molecule has 2 rings (SSSR count). The third kappa shape index (κ3) is 2.09. The Morgan fingerprint density at radius 2 is 2.64 bits per heavy atom. The lowest BCUT2D eigenvalue weighted by Crippen LogP contribution is -2.48. The van der Waals surface area contributed by atoms with E-state index in [2.05, 4.69) is 20.8 Å². The molecule has 1 unspecified atom stereocenters. The van der Waals surface area contributed by atoms with Gasteiger partial charge < -0.3 is 15.4 Å². The first-order chi connectivity index (χ1) is 6.86. The second-order valence-corrected chi connectivity index (χ2v) is 3.04. The van der Waals surface area contributed by atoms with Crippen molar-refractivity contribution in [2.75, 3.05) is 25.1 Å². The second-order valence-electron chi connectivity index (χ2n) is 3.04. The summed E-state index contributed by atoms with van der Waals surface area (Å²) in [5.74, 6) is 0.497. The predicted octanol–water partition coefficient (Wildman–Crippen LogP) is -0.663. The number of aromatic amines is 1. The molecule has 6 nitrogen and oxygen atoms in total. The quantitative estimate of drug-likeness (QED) is 0.586. The number of carbonyl (C=O) groups excluding carboxylic acids is 1. The molecule has 0 aliphatic carbocycles. The number of amides is 1. The van der Waals surface area contributed by atoms with E-state index in [9.17, 15) is 4.79 Å².